The Bertz CT molecular complexity index is 1660. The minimum atomic E-state index is -0.360. The first kappa shape index (κ1) is 30.4. The molecule has 43 heavy (non-hydrogen) atoms. The van der Waals surface area contributed by atoms with Crippen molar-refractivity contribution in [2.75, 3.05) is 58.5 Å². The molecule has 2 fully saturated rings. The summed E-state index contributed by atoms with van der Waals surface area (Å²) in [6, 6.07) is 9.32. The van der Waals surface area contributed by atoms with Gasteiger partial charge in [0.25, 0.3) is 11.5 Å². The monoisotopic (exact) mass is 623 g/mol. The lowest BCUT2D eigenvalue weighted by atomic mass is 10.1. The Morgan fingerprint density at radius 2 is 1.81 bits per heavy atom. The first-order chi connectivity index (χ1) is 20.7. The highest BCUT2D eigenvalue weighted by atomic mass is 32.2. The standard InChI is InChI=1S/C30H33N5O6S2/c1-5-41-29(38)33-14-12-32(13-15-33)26-21(27(36)35-18-19(2)6-9-25(35)31-26)17-24-28(37)34(30(42)43-24)11-10-20-7-8-22(39-3)23(16-20)40-4/h6-9,16-18H,5,10-15H2,1-4H3/b24-17+. The third-order valence-corrected chi connectivity index (χ3v) is 8.69. The summed E-state index contributed by atoms with van der Waals surface area (Å²) >= 11 is 6.75. The number of amides is 2. The fourth-order valence-electron chi connectivity index (χ4n) is 5.03. The molecule has 3 aromatic rings. The highest BCUT2D eigenvalue weighted by molar-refractivity contribution is 8.26. The maximum atomic E-state index is 13.9. The Balaban J connectivity index is 1.43. The SMILES string of the molecule is CCOC(=O)N1CCN(c2nc3ccc(C)cn3c(=O)c2/C=C2/SC(=S)N(CCc3ccc(OC)c(OC)c3)C2=O)CC1. The van der Waals surface area contributed by atoms with Crippen molar-refractivity contribution in [3.8, 4) is 11.5 Å². The van der Waals surface area contributed by atoms with Gasteiger partial charge in [-0.3, -0.25) is 18.9 Å². The van der Waals surface area contributed by atoms with Gasteiger partial charge in [-0.05, 0) is 55.7 Å². The molecule has 0 atom stereocenters. The highest BCUT2D eigenvalue weighted by Gasteiger charge is 2.33. The van der Waals surface area contributed by atoms with Crippen LogP contribution < -0.4 is 19.9 Å². The zero-order chi connectivity index (χ0) is 30.7. The summed E-state index contributed by atoms with van der Waals surface area (Å²) in [7, 11) is 3.16. The van der Waals surface area contributed by atoms with Gasteiger partial charge >= 0.3 is 6.09 Å². The second kappa shape index (κ2) is 13.0. The Kier molecular flexibility index (Phi) is 9.21. The molecule has 2 saturated heterocycles. The molecule has 0 bridgehead atoms. The number of nitrogens with zero attached hydrogens (tertiary/aromatic N) is 5. The topological polar surface area (TPSA) is 106 Å². The van der Waals surface area contributed by atoms with Crippen LogP contribution in [0.4, 0.5) is 10.6 Å². The summed E-state index contributed by atoms with van der Waals surface area (Å²) in [4.78, 5) is 50.0. The molecule has 0 unspecified atom stereocenters. The second-order valence-electron chi connectivity index (χ2n) is 10.0. The average Bonchev–Trinajstić information content (AvgIpc) is 3.28. The fraction of sp³-hybridized carbons (Fsp3) is 0.367. The highest BCUT2D eigenvalue weighted by Crippen LogP contribution is 2.34. The molecule has 0 aliphatic carbocycles. The molecule has 0 saturated carbocycles. The van der Waals surface area contributed by atoms with Crippen LogP contribution in [0.15, 0.2) is 46.2 Å². The summed E-state index contributed by atoms with van der Waals surface area (Å²) in [6.45, 7) is 6.11. The summed E-state index contributed by atoms with van der Waals surface area (Å²) in [5, 5.41) is 0. The van der Waals surface area contributed by atoms with Gasteiger partial charge in [0.05, 0.1) is 31.3 Å². The molecule has 13 heteroatoms. The molecule has 1 aromatic carbocycles. The number of anilines is 1. The number of hydrogen-bond donors (Lipinski definition) is 0. The van der Waals surface area contributed by atoms with Crippen molar-refractivity contribution in [3.05, 3.63) is 68.5 Å². The molecular formula is C30H33N5O6S2. The zero-order valence-electron chi connectivity index (χ0n) is 24.5. The number of carbonyl (C=O) groups excluding carboxylic acids is 2. The predicted molar refractivity (Wildman–Crippen MR) is 170 cm³/mol. The van der Waals surface area contributed by atoms with E-state index in [1.54, 1.807) is 49.3 Å². The van der Waals surface area contributed by atoms with Crippen LogP contribution in [0.25, 0.3) is 11.7 Å². The molecule has 5 rings (SSSR count). The van der Waals surface area contributed by atoms with E-state index in [1.807, 2.05) is 36.1 Å². The van der Waals surface area contributed by atoms with Gasteiger partial charge in [0, 0.05) is 38.9 Å². The van der Waals surface area contributed by atoms with E-state index < -0.39 is 0 Å². The second-order valence-corrected chi connectivity index (χ2v) is 11.7. The lowest BCUT2D eigenvalue weighted by Crippen LogP contribution is -2.49. The molecule has 226 valence electrons. The number of aryl methyl sites for hydroxylation is 1. The number of pyridine rings is 1. The third kappa shape index (κ3) is 6.32. The minimum Gasteiger partial charge on any atom is -0.493 e. The van der Waals surface area contributed by atoms with Crippen LogP contribution in [-0.4, -0.2) is 89.1 Å². The van der Waals surface area contributed by atoms with Crippen molar-refractivity contribution in [2.45, 2.75) is 20.3 Å². The number of methoxy groups -OCH3 is 2. The van der Waals surface area contributed by atoms with Crippen molar-refractivity contribution < 1.29 is 23.8 Å². The quantitative estimate of drug-likeness (QED) is 0.272. The van der Waals surface area contributed by atoms with Gasteiger partial charge in [-0.25, -0.2) is 9.78 Å². The van der Waals surface area contributed by atoms with Crippen molar-refractivity contribution in [2.24, 2.45) is 0 Å². The number of benzene rings is 1. The van der Waals surface area contributed by atoms with Gasteiger partial charge in [0.2, 0.25) is 0 Å². The van der Waals surface area contributed by atoms with E-state index in [1.165, 1.54) is 16.2 Å². The van der Waals surface area contributed by atoms with Crippen LogP contribution >= 0.6 is 24.0 Å². The zero-order valence-corrected chi connectivity index (χ0v) is 26.1. The van der Waals surface area contributed by atoms with Crippen LogP contribution in [-0.2, 0) is 16.0 Å². The molecule has 2 aliphatic heterocycles. The Morgan fingerprint density at radius 1 is 1.07 bits per heavy atom. The fourth-order valence-corrected chi connectivity index (χ4v) is 6.32. The molecule has 0 N–H and O–H groups in total. The third-order valence-electron chi connectivity index (χ3n) is 7.31. The van der Waals surface area contributed by atoms with Gasteiger partial charge in [0.1, 0.15) is 15.8 Å². The molecular weight excluding hydrogens is 590 g/mol. The first-order valence-electron chi connectivity index (χ1n) is 13.9. The largest absolute Gasteiger partial charge is 0.493 e. The number of thioether (sulfide) groups is 1. The van der Waals surface area contributed by atoms with Gasteiger partial charge in [-0.1, -0.05) is 36.1 Å². The van der Waals surface area contributed by atoms with Crippen LogP contribution in [0.3, 0.4) is 0 Å². The number of aromatic nitrogens is 2. The summed E-state index contributed by atoms with van der Waals surface area (Å²) in [5.74, 6) is 1.44. The van der Waals surface area contributed by atoms with E-state index in [2.05, 4.69) is 0 Å². The minimum absolute atomic E-state index is 0.262. The van der Waals surface area contributed by atoms with E-state index >= 15 is 0 Å². The first-order valence-corrected chi connectivity index (χ1v) is 15.1. The molecule has 2 aromatic heterocycles. The van der Waals surface area contributed by atoms with E-state index in [4.69, 9.17) is 31.4 Å². The maximum absolute atomic E-state index is 13.9. The van der Waals surface area contributed by atoms with Gasteiger partial charge in [-0.15, -0.1) is 0 Å². The predicted octanol–water partition coefficient (Wildman–Crippen LogP) is 3.74. The lowest BCUT2D eigenvalue weighted by Gasteiger charge is -2.35. The van der Waals surface area contributed by atoms with Crippen LogP contribution in [0, 0.1) is 6.92 Å². The number of ether oxygens (including phenoxy) is 3. The van der Waals surface area contributed by atoms with E-state index in [9.17, 15) is 14.4 Å². The van der Waals surface area contributed by atoms with Crippen molar-refractivity contribution in [3.63, 3.8) is 0 Å². The van der Waals surface area contributed by atoms with Gasteiger partial charge in [-0.2, -0.15) is 0 Å². The Morgan fingerprint density at radius 3 is 2.51 bits per heavy atom. The molecule has 0 radical (unpaired) electrons. The maximum Gasteiger partial charge on any atom is 0.409 e. The lowest BCUT2D eigenvalue weighted by molar-refractivity contribution is -0.122. The van der Waals surface area contributed by atoms with Crippen LogP contribution in [0.2, 0.25) is 0 Å². The van der Waals surface area contributed by atoms with E-state index in [0.717, 1.165) is 11.1 Å². The number of carbonyl (C=O) groups is 2. The molecule has 4 heterocycles. The molecule has 11 nitrogen and oxygen atoms in total. The number of thiocarbonyl (C=S) groups is 1. The van der Waals surface area contributed by atoms with Gasteiger partial charge in [0.15, 0.2) is 11.5 Å². The van der Waals surface area contributed by atoms with E-state index in [-0.39, 0.29) is 17.6 Å². The number of rotatable bonds is 8. The van der Waals surface area contributed by atoms with Crippen molar-refractivity contribution in [1.29, 1.82) is 0 Å². The van der Waals surface area contributed by atoms with Crippen LogP contribution in [0.1, 0.15) is 23.6 Å². The van der Waals surface area contributed by atoms with Gasteiger partial charge < -0.3 is 24.0 Å². The number of hydrogen-bond acceptors (Lipinski definition) is 10. The molecule has 0 spiro atoms. The smallest absolute Gasteiger partial charge is 0.409 e. The molecule has 2 amide bonds. The molecule has 2 aliphatic rings. The number of fused-ring (bicyclic) bond motifs is 1. The number of piperazine rings is 1. The van der Waals surface area contributed by atoms with E-state index in [0.29, 0.717) is 83.5 Å². The average molecular weight is 624 g/mol. The van der Waals surface area contributed by atoms with Crippen molar-refractivity contribution >= 4 is 57.8 Å². The Hall–Kier alpha value is -4.10. The summed E-state index contributed by atoms with van der Waals surface area (Å²) in [6.07, 6.45) is 3.53. The van der Waals surface area contributed by atoms with Crippen LogP contribution in [0.5, 0.6) is 11.5 Å². The summed E-state index contributed by atoms with van der Waals surface area (Å²) < 4.78 is 17.8. The normalized spacial score (nSPS) is 16.4. The summed E-state index contributed by atoms with van der Waals surface area (Å²) in [5.41, 5.74) is 2.38. The Labute approximate surface area is 259 Å². The van der Waals surface area contributed by atoms with Crippen molar-refractivity contribution in [1.82, 2.24) is 19.2 Å².